The molecule has 0 aliphatic carbocycles. The van der Waals surface area contributed by atoms with Crippen LogP contribution in [-0.4, -0.2) is 20.4 Å². The summed E-state index contributed by atoms with van der Waals surface area (Å²) in [4.78, 5) is 12.1. The molecular formula is C19H23FN2O3S. The Bertz CT molecular complexity index is 865. The number of carbonyl (C=O) groups excluding carboxylic acids is 1. The topological polar surface area (TPSA) is 75.3 Å². The molecule has 0 unspecified atom stereocenters. The van der Waals surface area contributed by atoms with E-state index >= 15 is 0 Å². The number of amides is 1. The molecule has 0 saturated heterocycles. The molecule has 7 heteroatoms. The Balaban J connectivity index is 2.19. The zero-order chi connectivity index (χ0) is 19.3. The van der Waals surface area contributed by atoms with Crippen molar-refractivity contribution in [3.05, 3.63) is 59.9 Å². The van der Waals surface area contributed by atoms with Crippen molar-refractivity contribution in [1.82, 2.24) is 4.72 Å². The minimum Gasteiger partial charge on any atom is -0.325 e. The van der Waals surface area contributed by atoms with Gasteiger partial charge in [0.2, 0.25) is 15.9 Å². The van der Waals surface area contributed by atoms with Crippen molar-refractivity contribution in [1.29, 1.82) is 0 Å². The molecule has 0 aromatic heterocycles. The minimum absolute atomic E-state index is 0.327. The van der Waals surface area contributed by atoms with Crippen molar-refractivity contribution in [2.24, 2.45) is 5.92 Å². The van der Waals surface area contributed by atoms with Crippen molar-refractivity contribution in [3.8, 4) is 0 Å². The van der Waals surface area contributed by atoms with Gasteiger partial charge in [0.15, 0.2) is 0 Å². The summed E-state index contributed by atoms with van der Waals surface area (Å²) in [5, 5.41) is 2.70. The second-order valence-corrected chi connectivity index (χ2v) is 8.00. The summed E-state index contributed by atoms with van der Waals surface area (Å²) in [6.45, 7) is 5.46. The van der Waals surface area contributed by atoms with E-state index in [0.29, 0.717) is 5.69 Å². The lowest BCUT2D eigenvalue weighted by Crippen LogP contribution is -2.47. The standard InChI is InChI=1S/C19H23FN2O3S/c1-4-14-9-11-15(12-10-14)21-19(23)18(13(2)3)22-26(24,25)17-8-6-5-7-16(17)20/h5-13,18,22H,4H2,1-3H3,(H,21,23)/t18-/m0/s1. The van der Waals surface area contributed by atoms with Gasteiger partial charge in [-0.25, -0.2) is 12.8 Å². The normalized spacial score (nSPS) is 12.8. The molecule has 5 nitrogen and oxygen atoms in total. The van der Waals surface area contributed by atoms with Gasteiger partial charge >= 0.3 is 0 Å². The van der Waals surface area contributed by atoms with Crippen LogP contribution in [0.4, 0.5) is 10.1 Å². The fraction of sp³-hybridized carbons (Fsp3) is 0.316. The number of carbonyl (C=O) groups is 1. The van der Waals surface area contributed by atoms with Crippen LogP contribution in [0.1, 0.15) is 26.3 Å². The van der Waals surface area contributed by atoms with Gasteiger partial charge < -0.3 is 5.32 Å². The molecule has 0 aliphatic rings. The van der Waals surface area contributed by atoms with Crippen molar-refractivity contribution in [2.45, 2.75) is 38.1 Å². The molecule has 0 heterocycles. The minimum atomic E-state index is -4.17. The number of anilines is 1. The Kier molecular flexibility index (Phi) is 6.50. The number of sulfonamides is 1. The van der Waals surface area contributed by atoms with Crippen LogP contribution in [0.2, 0.25) is 0 Å². The fourth-order valence-electron chi connectivity index (χ4n) is 2.43. The first kappa shape index (κ1) is 20.1. The van der Waals surface area contributed by atoms with E-state index in [1.165, 1.54) is 12.1 Å². The van der Waals surface area contributed by atoms with Crippen LogP contribution in [-0.2, 0) is 21.2 Å². The highest BCUT2D eigenvalue weighted by Gasteiger charge is 2.29. The lowest BCUT2D eigenvalue weighted by atomic mass is 10.0. The zero-order valence-electron chi connectivity index (χ0n) is 15.0. The van der Waals surface area contributed by atoms with Gasteiger partial charge in [0.1, 0.15) is 16.8 Å². The van der Waals surface area contributed by atoms with Crippen LogP contribution in [0.5, 0.6) is 0 Å². The number of rotatable bonds is 7. The molecule has 0 bridgehead atoms. The second kappa shape index (κ2) is 8.42. The maximum absolute atomic E-state index is 13.8. The van der Waals surface area contributed by atoms with E-state index in [2.05, 4.69) is 10.0 Å². The average molecular weight is 378 g/mol. The molecule has 2 aromatic carbocycles. The summed E-state index contributed by atoms with van der Waals surface area (Å²) in [6, 6.07) is 11.3. The Morgan fingerprint density at radius 3 is 2.23 bits per heavy atom. The number of hydrogen-bond donors (Lipinski definition) is 2. The lowest BCUT2D eigenvalue weighted by Gasteiger charge is -2.22. The molecule has 0 saturated carbocycles. The van der Waals surface area contributed by atoms with Crippen molar-refractivity contribution in [3.63, 3.8) is 0 Å². The molecule has 1 atom stereocenters. The van der Waals surface area contributed by atoms with E-state index < -0.39 is 32.7 Å². The number of nitrogens with one attached hydrogen (secondary N) is 2. The van der Waals surface area contributed by atoms with E-state index in [-0.39, 0.29) is 5.92 Å². The highest BCUT2D eigenvalue weighted by Crippen LogP contribution is 2.17. The maximum Gasteiger partial charge on any atom is 0.244 e. The number of hydrogen-bond acceptors (Lipinski definition) is 3. The van der Waals surface area contributed by atoms with Crippen LogP contribution >= 0.6 is 0 Å². The van der Waals surface area contributed by atoms with Crippen LogP contribution in [0.25, 0.3) is 0 Å². The molecule has 1 amide bonds. The molecule has 2 rings (SSSR count). The smallest absolute Gasteiger partial charge is 0.244 e. The van der Waals surface area contributed by atoms with Crippen molar-refractivity contribution >= 4 is 21.6 Å². The van der Waals surface area contributed by atoms with Gasteiger partial charge in [0.05, 0.1) is 0 Å². The third-order valence-corrected chi connectivity index (χ3v) is 5.46. The maximum atomic E-state index is 13.8. The predicted octanol–water partition coefficient (Wildman–Crippen LogP) is 3.33. The largest absolute Gasteiger partial charge is 0.325 e. The Morgan fingerprint density at radius 1 is 1.08 bits per heavy atom. The van der Waals surface area contributed by atoms with Gasteiger partial charge in [0, 0.05) is 5.69 Å². The molecule has 26 heavy (non-hydrogen) atoms. The predicted molar refractivity (Wildman–Crippen MR) is 99.8 cm³/mol. The number of benzene rings is 2. The SMILES string of the molecule is CCc1ccc(NC(=O)[C@@H](NS(=O)(=O)c2ccccc2F)C(C)C)cc1. The summed E-state index contributed by atoms with van der Waals surface area (Å²) in [5.74, 6) is -1.69. The average Bonchev–Trinajstić information content (AvgIpc) is 2.60. The Morgan fingerprint density at radius 2 is 1.69 bits per heavy atom. The summed E-state index contributed by atoms with van der Waals surface area (Å²) in [6.07, 6.45) is 0.880. The third kappa shape index (κ3) is 4.89. The van der Waals surface area contributed by atoms with Gasteiger partial charge in [-0.15, -0.1) is 0 Å². The van der Waals surface area contributed by atoms with Gasteiger partial charge in [-0.3, -0.25) is 4.79 Å². The third-order valence-electron chi connectivity index (χ3n) is 3.99. The molecule has 0 radical (unpaired) electrons. The first-order chi connectivity index (χ1) is 12.2. The van der Waals surface area contributed by atoms with Gasteiger partial charge in [-0.1, -0.05) is 45.0 Å². The number of halogens is 1. The lowest BCUT2D eigenvalue weighted by molar-refractivity contribution is -0.118. The fourth-order valence-corrected chi connectivity index (χ4v) is 3.85. The molecule has 2 aromatic rings. The zero-order valence-corrected chi connectivity index (χ0v) is 15.8. The van der Waals surface area contributed by atoms with Crippen LogP contribution in [0, 0.1) is 11.7 Å². The van der Waals surface area contributed by atoms with E-state index in [9.17, 15) is 17.6 Å². The molecule has 2 N–H and O–H groups in total. The van der Waals surface area contributed by atoms with E-state index in [1.54, 1.807) is 26.0 Å². The van der Waals surface area contributed by atoms with Gasteiger partial charge in [-0.2, -0.15) is 4.72 Å². The summed E-state index contributed by atoms with van der Waals surface area (Å²) in [7, 11) is -4.17. The molecule has 0 fully saturated rings. The monoisotopic (exact) mass is 378 g/mol. The first-order valence-electron chi connectivity index (χ1n) is 8.41. The number of aryl methyl sites for hydroxylation is 1. The summed E-state index contributed by atoms with van der Waals surface area (Å²) in [5.41, 5.74) is 1.70. The highest BCUT2D eigenvalue weighted by molar-refractivity contribution is 7.89. The van der Waals surface area contributed by atoms with Crippen LogP contribution < -0.4 is 10.0 Å². The van der Waals surface area contributed by atoms with Crippen molar-refractivity contribution < 1.29 is 17.6 Å². The molecule has 0 aliphatic heterocycles. The van der Waals surface area contributed by atoms with Crippen LogP contribution in [0.15, 0.2) is 53.4 Å². The molecule has 0 spiro atoms. The van der Waals surface area contributed by atoms with E-state index in [4.69, 9.17) is 0 Å². The first-order valence-corrected chi connectivity index (χ1v) is 9.89. The quantitative estimate of drug-likeness (QED) is 0.776. The molecule has 140 valence electrons. The van der Waals surface area contributed by atoms with E-state index in [0.717, 1.165) is 24.1 Å². The Hall–Kier alpha value is -2.25. The Labute approximate surface area is 153 Å². The highest BCUT2D eigenvalue weighted by atomic mass is 32.2. The summed E-state index contributed by atoms with van der Waals surface area (Å²) >= 11 is 0. The summed E-state index contributed by atoms with van der Waals surface area (Å²) < 4.78 is 41.1. The van der Waals surface area contributed by atoms with Gasteiger partial charge in [0.25, 0.3) is 0 Å². The van der Waals surface area contributed by atoms with Crippen molar-refractivity contribution in [2.75, 3.05) is 5.32 Å². The van der Waals surface area contributed by atoms with Crippen LogP contribution in [0.3, 0.4) is 0 Å². The molecular weight excluding hydrogens is 355 g/mol. The van der Waals surface area contributed by atoms with Gasteiger partial charge in [-0.05, 0) is 42.2 Å². The second-order valence-electron chi connectivity index (χ2n) is 6.31. The van der Waals surface area contributed by atoms with E-state index in [1.807, 2.05) is 19.1 Å².